The maximum absolute atomic E-state index is 8.77. The number of rotatable bonds is 6. The third-order valence-corrected chi connectivity index (χ3v) is 2.14. The fraction of sp³-hybridized carbons (Fsp3) is 1.00. The van der Waals surface area contributed by atoms with Crippen LogP contribution in [0, 0.1) is 11.3 Å². The number of hydrogen-bond donors (Lipinski definition) is 1. The zero-order valence-electron chi connectivity index (χ0n) is 9.80. The molecule has 0 unspecified atom stereocenters. The first-order valence-electron chi connectivity index (χ1n) is 5.17. The second-order valence-corrected chi connectivity index (χ2v) is 5.22. The molecule has 0 saturated heterocycles. The molecule has 0 fully saturated rings. The largest absolute Gasteiger partial charge is 0.395 e. The van der Waals surface area contributed by atoms with Gasteiger partial charge in [0.1, 0.15) is 0 Å². The number of likely N-dealkylation sites (N-methyl/N-ethyl adjacent to an activating group) is 1. The molecule has 0 heterocycles. The van der Waals surface area contributed by atoms with Gasteiger partial charge in [-0.2, -0.15) is 0 Å². The van der Waals surface area contributed by atoms with Gasteiger partial charge in [-0.1, -0.05) is 27.7 Å². The van der Waals surface area contributed by atoms with Crippen molar-refractivity contribution in [2.24, 2.45) is 11.3 Å². The average Bonchev–Trinajstić information content (AvgIpc) is 1.81. The Kier molecular flexibility index (Phi) is 5.57. The molecule has 0 spiro atoms. The lowest BCUT2D eigenvalue weighted by Crippen LogP contribution is -2.34. The molecule has 0 rings (SSSR count). The molecule has 0 radical (unpaired) electrons. The summed E-state index contributed by atoms with van der Waals surface area (Å²) < 4.78 is 0. The highest BCUT2D eigenvalue weighted by Crippen LogP contribution is 2.25. The van der Waals surface area contributed by atoms with Crippen LogP contribution in [-0.2, 0) is 0 Å². The average molecular weight is 187 g/mol. The minimum Gasteiger partial charge on any atom is -0.395 e. The Morgan fingerprint density at radius 1 is 1.31 bits per heavy atom. The van der Waals surface area contributed by atoms with E-state index in [1.807, 2.05) is 0 Å². The van der Waals surface area contributed by atoms with Crippen molar-refractivity contribution in [1.82, 2.24) is 4.90 Å². The van der Waals surface area contributed by atoms with Crippen molar-refractivity contribution in [1.29, 1.82) is 0 Å². The van der Waals surface area contributed by atoms with Gasteiger partial charge in [-0.25, -0.2) is 0 Å². The number of aliphatic hydroxyl groups is 1. The molecule has 0 aromatic rings. The lowest BCUT2D eigenvalue weighted by Gasteiger charge is -2.31. The standard InChI is InChI=1S/C11H25NO/c1-10(2)8-11(3,4)9-12(5)6-7-13/h10,13H,6-9H2,1-5H3. The Balaban J connectivity index is 3.85. The Morgan fingerprint density at radius 2 is 1.85 bits per heavy atom. The third kappa shape index (κ3) is 7.03. The van der Waals surface area contributed by atoms with E-state index in [0.717, 1.165) is 19.0 Å². The SMILES string of the molecule is CC(C)CC(C)(C)CN(C)CCO. The summed E-state index contributed by atoms with van der Waals surface area (Å²) in [5, 5.41) is 8.77. The first-order valence-corrected chi connectivity index (χ1v) is 5.17. The van der Waals surface area contributed by atoms with E-state index in [1.54, 1.807) is 0 Å². The summed E-state index contributed by atoms with van der Waals surface area (Å²) in [6, 6.07) is 0. The maximum Gasteiger partial charge on any atom is 0.0558 e. The highest BCUT2D eigenvalue weighted by molar-refractivity contribution is 4.73. The van der Waals surface area contributed by atoms with E-state index in [-0.39, 0.29) is 6.61 Å². The molecule has 0 saturated carbocycles. The van der Waals surface area contributed by atoms with Gasteiger partial charge in [0.05, 0.1) is 6.61 Å². The molecule has 2 heteroatoms. The van der Waals surface area contributed by atoms with E-state index >= 15 is 0 Å². The van der Waals surface area contributed by atoms with Crippen LogP contribution >= 0.6 is 0 Å². The van der Waals surface area contributed by atoms with Gasteiger partial charge < -0.3 is 10.0 Å². The molecule has 13 heavy (non-hydrogen) atoms. The van der Waals surface area contributed by atoms with E-state index in [1.165, 1.54) is 6.42 Å². The molecule has 0 aromatic carbocycles. The van der Waals surface area contributed by atoms with Gasteiger partial charge in [0, 0.05) is 13.1 Å². The van der Waals surface area contributed by atoms with Crippen LogP contribution in [0.4, 0.5) is 0 Å². The second kappa shape index (κ2) is 5.61. The zero-order chi connectivity index (χ0) is 10.5. The minimum absolute atomic E-state index is 0.258. The van der Waals surface area contributed by atoms with E-state index in [9.17, 15) is 0 Å². The predicted octanol–water partition coefficient (Wildman–Crippen LogP) is 1.98. The molecule has 0 aliphatic heterocycles. The fourth-order valence-corrected chi connectivity index (χ4v) is 2.15. The molecule has 0 aromatic heterocycles. The van der Waals surface area contributed by atoms with Crippen LogP contribution in [-0.4, -0.2) is 36.8 Å². The van der Waals surface area contributed by atoms with Gasteiger partial charge in [-0.3, -0.25) is 0 Å². The lowest BCUT2D eigenvalue weighted by molar-refractivity contribution is 0.152. The molecule has 0 bridgehead atoms. The molecule has 0 aliphatic carbocycles. The highest BCUT2D eigenvalue weighted by atomic mass is 16.3. The van der Waals surface area contributed by atoms with Crippen LogP contribution in [0.25, 0.3) is 0 Å². The Labute approximate surface area is 82.9 Å². The van der Waals surface area contributed by atoms with Crippen LogP contribution in [0.2, 0.25) is 0 Å². The summed E-state index contributed by atoms with van der Waals surface area (Å²) in [5.74, 6) is 0.748. The second-order valence-electron chi connectivity index (χ2n) is 5.22. The van der Waals surface area contributed by atoms with Gasteiger partial charge in [-0.05, 0) is 24.8 Å². The van der Waals surface area contributed by atoms with Crippen molar-refractivity contribution in [2.75, 3.05) is 26.7 Å². The van der Waals surface area contributed by atoms with Crippen molar-refractivity contribution in [3.8, 4) is 0 Å². The Morgan fingerprint density at radius 3 is 2.23 bits per heavy atom. The topological polar surface area (TPSA) is 23.5 Å². The summed E-state index contributed by atoms with van der Waals surface area (Å²) in [4.78, 5) is 2.20. The Hall–Kier alpha value is -0.0800. The maximum atomic E-state index is 8.77. The number of hydrogen-bond acceptors (Lipinski definition) is 2. The zero-order valence-corrected chi connectivity index (χ0v) is 9.80. The highest BCUT2D eigenvalue weighted by Gasteiger charge is 2.20. The van der Waals surface area contributed by atoms with Crippen LogP contribution in [0.15, 0.2) is 0 Å². The van der Waals surface area contributed by atoms with E-state index in [0.29, 0.717) is 5.41 Å². The molecule has 0 atom stereocenters. The molecule has 2 nitrogen and oxygen atoms in total. The smallest absolute Gasteiger partial charge is 0.0558 e. The van der Waals surface area contributed by atoms with Gasteiger partial charge in [0.15, 0.2) is 0 Å². The molecule has 0 amide bonds. The normalized spacial score (nSPS) is 12.9. The van der Waals surface area contributed by atoms with Gasteiger partial charge >= 0.3 is 0 Å². The molecule has 0 aliphatic rings. The summed E-state index contributed by atoms with van der Waals surface area (Å²) in [5.41, 5.74) is 0.359. The molecular weight excluding hydrogens is 162 g/mol. The number of nitrogens with zero attached hydrogens (tertiary/aromatic N) is 1. The summed E-state index contributed by atoms with van der Waals surface area (Å²) in [6.45, 7) is 11.2. The van der Waals surface area contributed by atoms with Crippen LogP contribution in [0.1, 0.15) is 34.1 Å². The summed E-state index contributed by atoms with van der Waals surface area (Å²) >= 11 is 0. The van der Waals surface area contributed by atoms with Crippen LogP contribution in [0.5, 0.6) is 0 Å². The van der Waals surface area contributed by atoms with Crippen molar-refractivity contribution in [3.05, 3.63) is 0 Å². The van der Waals surface area contributed by atoms with E-state index < -0.39 is 0 Å². The third-order valence-electron chi connectivity index (χ3n) is 2.14. The Bertz CT molecular complexity index is 132. The van der Waals surface area contributed by atoms with E-state index in [2.05, 4.69) is 39.6 Å². The molecule has 80 valence electrons. The van der Waals surface area contributed by atoms with E-state index in [4.69, 9.17) is 5.11 Å². The molecule has 1 N–H and O–H groups in total. The quantitative estimate of drug-likeness (QED) is 0.687. The predicted molar refractivity (Wildman–Crippen MR) is 57.8 cm³/mol. The van der Waals surface area contributed by atoms with Crippen molar-refractivity contribution in [3.63, 3.8) is 0 Å². The first kappa shape index (κ1) is 12.9. The van der Waals surface area contributed by atoms with Crippen molar-refractivity contribution < 1.29 is 5.11 Å². The van der Waals surface area contributed by atoms with Crippen molar-refractivity contribution >= 4 is 0 Å². The molecular formula is C11H25NO. The van der Waals surface area contributed by atoms with Gasteiger partial charge in [-0.15, -0.1) is 0 Å². The van der Waals surface area contributed by atoms with Crippen molar-refractivity contribution in [2.45, 2.75) is 34.1 Å². The lowest BCUT2D eigenvalue weighted by atomic mass is 9.83. The summed E-state index contributed by atoms with van der Waals surface area (Å²) in [6.07, 6.45) is 1.24. The fourth-order valence-electron chi connectivity index (χ4n) is 2.15. The van der Waals surface area contributed by atoms with Crippen LogP contribution in [0.3, 0.4) is 0 Å². The minimum atomic E-state index is 0.258. The van der Waals surface area contributed by atoms with Gasteiger partial charge in [0.2, 0.25) is 0 Å². The summed E-state index contributed by atoms with van der Waals surface area (Å²) in [7, 11) is 2.07. The monoisotopic (exact) mass is 187 g/mol. The first-order chi connectivity index (χ1) is 5.87. The van der Waals surface area contributed by atoms with Gasteiger partial charge in [0.25, 0.3) is 0 Å². The van der Waals surface area contributed by atoms with Crippen LogP contribution < -0.4 is 0 Å². The number of aliphatic hydroxyl groups excluding tert-OH is 1.